The van der Waals surface area contributed by atoms with Crippen LogP contribution in [0.2, 0.25) is 0 Å². The number of alkyl halides is 3. The summed E-state index contributed by atoms with van der Waals surface area (Å²) in [4.78, 5) is 25.5. The predicted octanol–water partition coefficient (Wildman–Crippen LogP) is 4.06. The van der Waals surface area contributed by atoms with Crippen LogP contribution < -0.4 is 15.8 Å². The van der Waals surface area contributed by atoms with Gasteiger partial charge in [0.25, 0.3) is 10.1 Å². The maximum absolute atomic E-state index is 13.4. The van der Waals surface area contributed by atoms with Gasteiger partial charge in [0.15, 0.2) is 11.6 Å². The number of halogens is 3. The van der Waals surface area contributed by atoms with Crippen molar-refractivity contribution in [2.24, 2.45) is 0 Å². The number of ketones is 2. The number of nitrogens with two attached hydrogens (primary N) is 1. The molecule has 176 valence electrons. The van der Waals surface area contributed by atoms with Crippen molar-refractivity contribution in [1.29, 1.82) is 0 Å². The van der Waals surface area contributed by atoms with Gasteiger partial charge in [-0.2, -0.15) is 21.6 Å². The molecule has 3 aromatic rings. The Kier molecular flexibility index (Phi) is 5.37. The van der Waals surface area contributed by atoms with Crippen LogP contribution in [-0.4, -0.2) is 31.6 Å². The van der Waals surface area contributed by atoms with Crippen LogP contribution in [0.25, 0.3) is 0 Å². The van der Waals surface area contributed by atoms with Gasteiger partial charge in [0.1, 0.15) is 10.6 Å². The van der Waals surface area contributed by atoms with Crippen molar-refractivity contribution in [3.8, 4) is 5.75 Å². The Morgan fingerprint density at radius 2 is 1.56 bits per heavy atom. The van der Waals surface area contributed by atoms with Crippen LogP contribution in [-0.2, 0) is 16.3 Å². The second kappa shape index (κ2) is 7.85. The molecule has 0 amide bonds. The molecule has 0 unspecified atom stereocenters. The smallest absolute Gasteiger partial charge is 0.420 e. The third-order valence-electron chi connectivity index (χ3n) is 5.26. The van der Waals surface area contributed by atoms with Crippen molar-refractivity contribution in [2.75, 3.05) is 18.2 Å². The Morgan fingerprint density at radius 3 is 2.09 bits per heavy atom. The SMILES string of the molecule is COc1ccc(Nc2cc(S(=O)(=O)O)c(N)c3c2C(=O)c2ccccc2C3=O)cc1C(F)(F)F. The van der Waals surface area contributed by atoms with Crippen molar-refractivity contribution in [1.82, 2.24) is 0 Å². The number of ether oxygens (including phenoxy) is 1. The highest BCUT2D eigenvalue weighted by Gasteiger charge is 2.37. The summed E-state index contributed by atoms with van der Waals surface area (Å²) < 4.78 is 78.6. The van der Waals surface area contributed by atoms with E-state index < -0.39 is 55.3 Å². The van der Waals surface area contributed by atoms with E-state index >= 15 is 0 Å². The normalized spacial score (nSPS) is 13.3. The second-order valence-corrected chi connectivity index (χ2v) is 8.69. The van der Waals surface area contributed by atoms with Gasteiger partial charge in [-0.3, -0.25) is 14.1 Å². The van der Waals surface area contributed by atoms with Gasteiger partial charge in [0, 0.05) is 16.8 Å². The average Bonchev–Trinajstić information content (AvgIpc) is 2.77. The molecule has 0 saturated heterocycles. The van der Waals surface area contributed by atoms with Gasteiger partial charge in [-0.1, -0.05) is 24.3 Å². The fourth-order valence-corrected chi connectivity index (χ4v) is 4.42. The van der Waals surface area contributed by atoms with Gasteiger partial charge in [-0.25, -0.2) is 0 Å². The standard InChI is InChI=1S/C22H15F3N2O6S/c1-33-15-7-6-10(8-13(15)22(23,24)25)27-14-9-16(34(30,31)32)19(26)18-17(14)20(28)11-4-2-3-5-12(11)21(18)29/h2-9,27H,26H2,1H3,(H,30,31,32). The van der Waals surface area contributed by atoms with Gasteiger partial charge < -0.3 is 15.8 Å². The van der Waals surface area contributed by atoms with Gasteiger partial charge >= 0.3 is 6.18 Å². The van der Waals surface area contributed by atoms with E-state index in [1.54, 1.807) is 0 Å². The van der Waals surface area contributed by atoms with E-state index in [1.165, 1.54) is 30.3 Å². The van der Waals surface area contributed by atoms with Crippen molar-refractivity contribution in [2.45, 2.75) is 11.1 Å². The van der Waals surface area contributed by atoms with Crippen LogP contribution in [0.1, 0.15) is 37.4 Å². The minimum absolute atomic E-state index is 0.00719. The molecule has 0 aliphatic heterocycles. The van der Waals surface area contributed by atoms with Gasteiger partial charge in [-0.15, -0.1) is 0 Å². The Labute approximate surface area is 190 Å². The van der Waals surface area contributed by atoms with Gasteiger partial charge in [0.2, 0.25) is 0 Å². The predicted molar refractivity (Wildman–Crippen MR) is 115 cm³/mol. The Hall–Kier alpha value is -3.90. The van der Waals surface area contributed by atoms with Gasteiger partial charge in [-0.05, 0) is 24.3 Å². The zero-order valence-electron chi connectivity index (χ0n) is 17.2. The van der Waals surface area contributed by atoms with E-state index in [-0.39, 0.29) is 28.1 Å². The van der Waals surface area contributed by atoms with E-state index in [2.05, 4.69) is 5.32 Å². The first-order valence-electron chi connectivity index (χ1n) is 9.49. The summed E-state index contributed by atoms with van der Waals surface area (Å²) in [7, 11) is -3.91. The summed E-state index contributed by atoms with van der Waals surface area (Å²) in [6.07, 6.45) is -4.78. The summed E-state index contributed by atoms with van der Waals surface area (Å²) >= 11 is 0. The van der Waals surface area contributed by atoms with Crippen LogP contribution >= 0.6 is 0 Å². The highest BCUT2D eigenvalue weighted by Crippen LogP contribution is 2.42. The molecule has 4 rings (SSSR count). The van der Waals surface area contributed by atoms with E-state index in [1.807, 2.05) is 0 Å². The summed E-state index contributed by atoms with van der Waals surface area (Å²) in [5, 5.41) is 2.56. The van der Waals surface area contributed by atoms with Crippen LogP contribution in [0, 0.1) is 0 Å². The Bertz CT molecular complexity index is 1480. The number of carbonyl (C=O) groups is 2. The first kappa shape index (κ1) is 23.3. The number of hydrogen-bond donors (Lipinski definition) is 3. The number of fused-ring (bicyclic) bond motifs is 2. The molecule has 0 bridgehead atoms. The van der Waals surface area contributed by atoms with Crippen molar-refractivity contribution < 1.29 is 40.5 Å². The number of nitrogens with one attached hydrogen (secondary N) is 1. The zero-order valence-corrected chi connectivity index (χ0v) is 18.0. The molecule has 3 aromatic carbocycles. The summed E-state index contributed by atoms with van der Waals surface area (Å²) in [6.45, 7) is 0. The number of rotatable bonds is 4. The van der Waals surface area contributed by atoms with Crippen LogP contribution in [0.4, 0.5) is 30.2 Å². The topological polar surface area (TPSA) is 136 Å². The Balaban J connectivity index is 1.98. The lowest BCUT2D eigenvalue weighted by atomic mass is 9.82. The first-order chi connectivity index (χ1) is 15.8. The fourth-order valence-electron chi connectivity index (χ4n) is 3.77. The quantitative estimate of drug-likeness (QED) is 0.287. The molecule has 4 N–H and O–H groups in total. The van der Waals surface area contributed by atoms with E-state index in [9.17, 15) is 35.7 Å². The average molecular weight is 492 g/mol. The summed E-state index contributed by atoms with van der Waals surface area (Å²) in [6, 6.07) is 9.45. The molecule has 0 atom stereocenters. The van der Waals surface area contributed by atoms with E-state index in [0.29, 0.717) is 6.07 Å². The highest BCUT2D eigenvalue weighted by atomic mass is 32.2. The first-order valence-corrected chi connectivity index (χ1v) is 10.9. The third-order valence-corrected chi connectivity index (χ3v) is 6.16. The highest BCUT2D eigenvalue weighted by molar-refractivity contribution is 7.86. The Morgan fingerprint density at radius 1 is 0.971 bits per heavy atom. The largest absolute Gasteiger partial charge is 0.496 e. The monoisotopic (exact) mass is 492 g/mol. The number of anilines is 3. The van der Waals surface area contributed by atoms with Crippen molar-refractivity contribution >= 4 is 38.7 Å². The second-order valence-electron chi connectivity index (χ2n) is 7.30. The molecule has 0 fully saturated rings. The molecule has 8 nitrogen and oxygen atoms in total. The van der Waals surface area contributed by atoms with E-state index in [4.69, 9.17) is 10.5 Å². The molecule has 12 heteroatoms. The molecule has 0 spiro atoms. The van der Waals surface area contributed by atoms with Gasteiger partial charge in [0.05, 0.1) is 35.2 Å². The van der Waals surface area contributed by atoms with Crippen molar-refractivity contribution in [3.63, 3.8) is 0 Å². The van der Waals surface area contributed by atoms with Crippen LogP contribution in [0.3, 0.4) is 0 Å². The minimum Gasteiger partial charge on any atom is -0.496 e. The molecule has 1 aliphatic carbocycles. The number of benzene rings is 3. The maximum Gasteiger partial charge on any atom is 0.420 e. The number of methoxy groups -OCH3 is 1. The van der Waals surface area contributed by atoms with Crippen molar-refractivity contribution in [3.05, 3.63) is 76.3 Å². The summed E-state index contributed by atoms with van der Waals surface area (Å²) in [5.41, 5.74) is 2.73. The van der Waals surface area contributed by atoms with E-state index in [0.717, 1.165) is 19.2 Å². The molecular formula is C22H15F3N2O6S. The van der Waals surface area contributed by atoms with Crippen LogP contribution in [0.15, 0.2) is 53.4 Å². The molecule has 0 radical (unpaired) electrons. The molecule has 0 heterocycles. The lowest BCUT2D eigenvalue weighted by Gasteiger charge is -2.24. The number of hydrogen-bond acceptors (Lipinski definition) is 7. The zero-order chi connectivity index (χ0) is 25.0. The molecule has 1 aliphatic rings. The maximum atomic E-state index is 13.4. The summed E-state index contributed by atoms with van der Waals surface area (Å²) in [5.74, 6) is -1.94. The molecule has 0 aromatic heterocycles. The molecule has 34 heavy (non-hydrogen) atoms. The lowest BCUT2D eigenvalue weighted by molar-refractivity contribution is -0.138. The lowest BCUT2D eigenvalue weighted by Crippen LogP contribution is -2.25. The number of nitrogen functional groups attached to an aromatic ring is 1. The molecule has 0 saturated carbocycles. The fraction of sp³-hybridized carbons (Fsp3) is 0.0909. The van der Waals surface area contributed by atoms with Crippen LogP contribution in [0.5, 0.6) is 5.75 Å². The number of carbonyl (C=O) groups excluding carboxylic acids is 2. The molecular weight excluding hydrogens is 477 g/mol. The minimum atomic E-state index is -4.97. The third kappa shape index (κ3) is 3.76.